The van der Waals surface area contributed by atoms with Gasteiger partial charge >= 0.3 is 12.2 Å². The van der Waals surface area contributed by atoms with Crippen LogP contribution in [0.25, 0.3) is 11.3 Å². The van der Waals surface area contributed by atoms with Crippen LogP contribution in [-0.4, -0.2) is 36.2 Å². The van der Waals surface area contributed by atoms with Crippen LogP contribution < -0.4 is 20.3 Å². The van der Waals surface area contributed by atoms with E-state index in [4.69, 9.17) is 4.74 Å². The Morgan fingerprint density at radius 2 is 2.03 bits per heavy atom. The van der Waals surface area contributed by atoms with E-state index < -0.39 is 17.8 Å². The Kier molecular flexibility index (Phi) is 5.85. The lowest BCUT2D eigenvalue weighted by Crippen LogP contribution is -2.36. The fourth-order valence-corrected chi connectivity index (χ4v) is 3.40. The van der Waals surface area contributed by atoms with Gasteiger partial charge < -0.3 is 10.1 Å². The van der Waals surface area contributed by atoms with Gasteiger partial charge in [0, 0.05) is 30.9 Å². The molecule has 0 saturated heterocycles. The summed E-state index contributed by atoms with van der Waals surface area (Å²) in [5.41, 5.74) is 0.228. The maximum absolute atomic E-state index is 13.2. The molecule has 0 fully saturated rings. The largest absolute Gasteiger partial charge is 0.494 e. The highest BCUT2D eigenvalue weighted by Crippen LogP contribution is 2.40. The molecule has 0 radical (unpaired) electrons. The van der Waals surface area contributed by atoms with Gasteiger partial charge in [0.05, 0.1) is 18.4 Å². The Hall–Kier alpha value is -3.82. The van der Waals surface area contributed by atoms with Crippen LogP contribution in [0.15, 0.2) is 54.7 Å². The Morgan fingerprint density at radius 3 is 2.75 bits per heavy atom. The number of nitrogens with one attached hydrogen (secondary N) is 2. The second-order valence-corrected chi connectivity index (χ2v) is 7.06. The highest BCUT2D eigenvalue weighted by Gasteiger charge is 2.31. The average Bonchev–Trinajstić information content (AvgIpc) is 3.01. The molecule has 2 amide bonds. The zero-order chi connectivity index (χ0) is 22.7. The van der Waals surface area contributed by atoms with Crippen LogP contribution in [0.2, 0.25) is 0 Å². The molecule has 7 nitrogen and oxygen atoms in total. The summed E-state index contributed by atoms with van der Waals surface area (Å²) in [6.07, 6.45) is -2.30. The molecule has 166 valence electrons. The van der Waals surface area contributed by atoms with Crippen LogP contribution >= 0.6 is 0 Å². The predicted molar refractivity (Wildman–Crippen MR) is 115 cm³/mol. The fraction of sp³-hybridized carbons (Fsp3) is 0.227. The van der Waals surface area contributed by atoms with E-state index in [9.17, 15) is 18.0 Å². The molecule has 3 aromatic rings. The van der Waals surface area contributed by atoms with Crippen LogP contribution in [-0.2, 0) is 6.18 Å². The van der Waals surface area contributed by atoms with Crippen LogP contribution in [0.3, 0.4) is 0 Å². The number of rotatable bonds is 3. The van der Waals surface area contributed by atoms with E-state index in [0.717, 1.165) is 12.1 Å². The molecule has 0 spiro atoms. The molecule has 0 saturated carbocycles. The topological polar surface area (TPSA) is 79.4 Å². The lowest BCUT2D eigenvalue weighted by Gasteiger charge is -2.23. The van der Waals surface area contributed by atoms with Crippen molar-refractivity contribution < 1.29 is 22.7 Å². The molecular formula is C22H20F3N5O2. The number of alkyl halides is 3. The number of halogens is 3. The number of carbonyl (C=O) groups is 1. The second kappa shape index (κ2) is 8.74. The molecule has 2 N–H and O–H groups in total. The van der Waals surface area contributed by atoms with Gasteiger partial charge in [0.2, 0.25) is 0 Å². The van der Waals surface area contributed by atoms with E-state index in [0.29, 0.717) is 36.8 Å². The molecular weight excluding hydrogens is 423 g/mol. The fourth-order valence-electron chi connectivity index (χ4n) is 3.40. The number of ether oxygens (including phenoxy) is 1. The molecule has 0 aliphatic carbocycles. The number of pyridine rings is 2. The monoisotopic (exact) mass is 443 g/mol. The van der Waals surface area contributed by atoms with E-state index in [1.54, 1.807) is 30.5 Å². The lowest BCUT2D eigenvalue weighted by molar-refractivity contribution is -0.137. The maximum atomic E-state index is 13.2. The van der Waals surface area contributed by atoms with Crippen LogP contribution in [0.1, 0.15) is 12.0 Å². The highest BCUT2D eigenvalue weighted by molar-refractivity contribution is 6.03. The van der Waals surface area contributed by atoms with Crippen molar-refractivity contribution in [3.8, 4) is 17.0 Å². The first-order valence-corrected chi connectivity index (χ1v) is 9.87. The summed E-state index contributed by atoms with van der Waals surface area (Å²) in [6.45, 7) is 0.919. The normalized spacial score (nSPS) is 13.6. The van der Waals surface area contributed by atoms with E-state index in [2.05, 4.69) is 20.6 Å². The first-order valence-electron chi connectivity index (χ1n) is 9.87. The van der Waals surface area contributed by atoms with E-state index in [1.807, 2.05) is 0 Å². The molecule has 2 aromatic heterocycles. The van der Waals surface area contributed by atoms with Gasteiger partial charge in [-0.2, -0.15) is 13.2 Å². The molecule has 0 atom stereocenters. The van der Waals surface area contributed by atoms with Gasteiger partial charge in [-0.3, -0.25) is 10.2 Å². The van der Waals surface area contributed by atoms with E-state index in [-0.39, 0.29) is 17.1 Å². The third kappa shape index (κ3) is 4.43. The van der Waals surface area contributed by atoms with Crippen molar-refractivity contribution in [2.24, 2.45) is 0 Å². The molecule has 32 heavy (non-hydrogen) atoms. The summed E-state index contributed by atoms with van der Waals surface area (Å²) >= 11 is 0. The Morgan fingerprint density at radius 1 is 1.19 bits per heavy atom. The Labute approximate surface area is 182 Å². The van der Waals surface area contributed by atoms with Crippen molar-refractivity contribution >= 4 is 23.4 Å². The van der Waals surface area contributed by atoms with Crippen molar-refractivity contribution in [2.75, 3.05) is 35.7 Å². The molecule has 4 rings (SSSR count). The van der Waals surface area contributed by atoms with Crippen LogP contribution in [0.5, 0.6) is 5.75 Å². The van der Waals surface area contributed by atoms with E-state index >= 15 is 0 Å². The van der Waals surface area contributed by atoms with Crippen molar-refractivity contribution in [2.45, 2.75) is 12.6 Å². The Balaban J connectivity index is 1.78. The van der Waals surface area contributed by atoms with Gasteiger partial charge in [-0.25, -0.2) is 14.8 Å². The third-order valence-corrected chi connectivity index (χ3v) is 4.93. The van der Waals surface area contributed by atoms with Crippen LogP contribution in [0.4, 0.5) is 35.3 Å². The standard InChI is InChI=1S/C22H20F3N5O2/c1-32-17-13-16(14-6-4-7-15(12-14)22(23,24)25)28-20-19(17)27-10-5-11-30(20)21(31)29-18-8-2-3-9-26-18/h2-4,6-9,12-13,27H,5,10-11H2,1H3,(H,26,29,31). The van der Waals surface area contributed by atoms with Gasteiger partial charge in [0.15, 0.2) is 5.82 Å². The van der Waals surface area contributed by atoms with Crippen molar-refractivity contribution in [1.29, 1.82) is 0 Å². The summed E-state index contributed by atoms with van der Waals surface area (Å²) in [7, 11) is 1.45. The first kappa shape index (κ1) is 21.4. The number of carbonyl (C=O) groups excluding carboxylic acids is 1. The predicted octanol–water partition coefficient (Wildman–Crippen LogP) is 5.03. The summed E-state index contributed by atoms with van der Waals surface area (Å²) in [6, 6.07) is 11.1. The molecule has 1 aliphatic heterocycles. The number of methoxy groups -OCH3 is 1. The van der Waals surface area contributed by atoms with Crippen molar-refractivity contribution in [3.63, 3.8) is 0 Å². The first-order chi connectivity index (χ1) is 15.4. The van der Waals surface area contributed by atoms with Gasteiger partial charge in [0.1, 0.15) is 17.3 Å². The number of benzene rings is 1. The summed E-state index contributed by atoms with van der Waals surface area (Å²) in [5.74, 6) is 1.01. The number of nitrogens with zero attached hydrogens (tertiary/aromatic N) is 3. The van der Waals surface area contributed by atoms with Gasteiger partial charge in [-0.1, -0.05) is 18.2 Å². The quantitative estimate of drug-likeness (QED) is 0.594. The summed E-state index contributed by atoms with van der Waals surface area (Å²) < 4.78 is 45.1. The maximum Gasteiger partial charge on any atom is 0.416 e. The molecule has 3 heterocycles. The number of hydrogen-bond donors (Lipinski definition) is 2. The van der Waals surface area contributed by atoms with Gasteiger partial charge in [-0.05, 0) is 30.7 Å². The Bertz CT molecular complexity index is 1120. The molecule has 1 aliphatic rings. The number of aromatic nitrogens is 2. The average molecular weight is 443 g/mol. The number of urea groups is 1. The zero-order valence-electron chi connectivity index (χ0n) is 17.1. The second-order valence-electron chi connectivity index (χ2n) is 7.06. The minimum absolute atomic E-state index is 0.256. The van der Waals surface area contributed by atoms with Crippen molar-refractivity contribution in [1.82, 2.24) is 9.97 Å². The summed E-state index contributed by atoms with van der Waals surface area (Å²) in [5, 5.41) is 5.93. The SMILES string of the molecule is COc1cc(-c2cccc(C(F)(F)F)c2)nc2c1NCCCN2C(=O)Nc1ccccn1. The molecule has 10 heteroatoms. The number of fused-ring (bicyclic) bond motifs is 1. The molecule has 1 aromatic carbocycles. The molecule has 0 unspecified atom stereocenters. The highest BCUT2D eigenvalue weighted by atomic mass is 19.4. The number of anilines is 3. The number of amides is 2. The minimum atomic E-state index is -4.48. The van der Waals surface area contributed by atoms with Crippen LogP contribution in [0, 0.1) is 0 Å². The summed E-state index contributed by atoms with van der Waals surface area (Å²) in [4.78, 5) is 23.1. The van der Waals surface area contributed by atoms with E-state index in [1.165, 1.54) is 24.1 Å². The van der Waals surface area contributed by atoms with Gasteiger partial charge in [-0.15, -0.1) is 0 Å². The zero-order valence-corrected chi connectivity index (χ0v) is 17.1. The lowest BCUT2D eigenvalue weighted by atomic mass is 10.1. The van der Waals surface area contributed by atoms with Gasteiger partial charge in [0.25, 0.3) is 0 Å². The van der Waals surface area contributed by atoms with Crippen molar-refractivity contribution in [3.05, 3.63) is 60.3 Å². The third-order valence-electron chi connectivity index (χ3n) is 4.93. The number of hydrogen-bond acceptors (Lipinski definition) is 5. The molecule has 0 bridgehead atoms. The minimum Gasteiger partial charge on any atom is -0.494 e. The smallest absolute Gasteiger partial charge is 0.416 e.